The number of esters is 1. The second-order valence-corrected chi connectivity index (χ2v) is 5.44. The number of hydrogen-bond donors (Lipinski definition) is 1. The van der Waals surface area contributed by atoms with Crippen LogP contribution in [0.2, 0.25) is 0 Å². The van der Waals surface area contributed by atoms with Gasteiger partial charge in [-0.25, -0.2) is 4.79 Å². The number of nitrogens with zero attached hydrogens (tertiary/aromatic N) is 1. The number of anilines is 1. The van der Waals surface area contributed by atoms with Gasteiger partial charge in [0, 0.05) is 11.8 Å². The number of carbonyl (C=O) groups is 2. The molecule has 1 unspecified atom stereocenters. The number of para-hydroxylation sites is 2. The molecular formula is C17H13FN2O7. The molecule has 0 aromatic heterocycles. The molecule has 1 aliphatic heterocycles. The first-order valence-corrected chi connectivity index (χ1v) is 7.73. The molecule has 2 aromatic carbocycles. The number of nitro groups is 1. The van der Waals surface area contributed by atoms with Gasteiger partial charge in [0.15, 0.2) is 18.1 Å². The molecular weight excluding hydrogens is 363 g/mol. The molecule has 2 aromatic rings. The third-order valence-electron chi connectivity index (χ3n) is 3.54. The molecule has 0 saturated heterocycles. The summed E-state index contributed by atoms with van der Waals surface area (Å²) in [6.45, 7) is -0.715. The fourth-order valence-corrected chi connectivity index (χ4v) is 2.29. The van der Waals surface area contributed by atoms with E-state index in [1.165, 1.54) is 0 Å². The molecule has 0 fully saturated rings. The summed E-state index contributed by atoms with van der Waals surface area (Å²) in [6, 6.07) is 9.65. The van der Waals surface area contributed by atoms with E-state index < -0.39 is 41.0 Å². The van der Waals surface area contributed by atoms with E-state index in [-0.39, 0.29) is 12.3 Å². The molecule has 3 rings (SSSR count). The van der Waals surface area contributed by atoms with Gasteiger partial charge in [0.25, 0.3) is 5.91 Å². The SMILES string of the molecule is O=C(COC(=O)C1COc2ccccc2O1)Nc1ccc(F)c([N+](=O)[O-])c1. The van der Waals surface area contributed by atoms with E-state index in [0.29, 0.717) is 11.5 Å². The van der Waals surface area contributed by atoms with Crippen molar-refractivity contribution in [3.63, 3.8) is 0 Å². The lowest BCUT2D eigenvalue weighted by molar-refractivity contribution is -0.387. The van der Waals surface area contributed by atoms with Crippen molar-refractivity contribution in [1.29, 1.82) is 0 Å². The maximum Gasteiger partial charge on any atom is 0.351 e. The zero-order valence-corrected chi connectivity index (χ0v) is 13.7. The quantitative estimate of drug-likeness (QED) is 0.482. The summed E-state index contributed by atoms with van der Waals surface area (Å²) < 4.78 is 29.0. The Labute approximate surface area is 151 Å². The van der Waals surface area contributed by atoms with Gasteiger partial charge < -0.3 is 19.5 Å². The molecule has 1 heterocycles. The summed E-state index contributed by atoms with van der Waals surface area (Å²) >= 11 is 0. The lowest BCUT2D eigenvalue weighted by Gasteiger charge is -2.24. The summed E-state index contributed by atoms with van der Waals surface area (Å²) in [7, 11) is 0. The highest BCUT2D eigenvalue weighted by molar-refractivity contribution is 5.93. The van der Waals surface area contributed by atoms with Crippen molar-refractivity contribution in [3.05, 3.63) is 58.4 Å². The number of amides is 1. The van der Waals surface area contributed by atoms with Crippen molar-refractivity contribution in [2.24, 2.45) is 0 Å². The monoisotopic (exact) mass is 376 g/mol. The summed E-state index contributed by atoms with van der Waals surface area (Å²) in [4.78, 5) is 33.6. The minimum atomic E-state index is -1.03. The van der Waals surface area contributed by atoms with Crippen LogP contribution in [-0.4, -0.2) is 36.1 Å². The molecule has 1 amide bonds. The molecule has 0 spiro atoms. The molecule has 0 saturated carbocycles. The fourth-order valence-electron chi connectivity index (χ4n) is 2.29. The van der Waals surface area contributed by atoms with Gasteiger partial charge in [-0.2, -0.15) is 4.39 Å². The largest absolute Gasteiger partial charge is 0.485 e. The third kappa shape index (κ3) is 4.29. The zero-order valence-electron chi connectivity index (χ0n) is 13.7. The lowest BCUT2D eigenvalue weighted by atomic mass is 10.2. The van der Waals surface area contributed by atoms with Crippen molar-refractivity contribution in [2.75, 3.05) is 18.5 Å². The number of hydrogen-bond acceptors (Lipinski definition) is 7. The molecule has 10 heteroatoms. The average molecular weight is 376 g/mol. The van der Waals surface area contributed by atoms with Crippen LogP contribution in [0.4, 0.5) is 15.8 Å². The maximum absolute atomic E-state index is 13.3. The minimum absolute atomic E-state index is 0.00433. The number of fused-ring (bicyclic) bond motifs is 1. The zero-order chi connectivity index (χ0) is 19.4. The Morgan fingerprint density at radius 1 is 1.26 bits per heavy atom. The van der Waals surface area contributed by atoms with Crippen molar-refractivity contribution >= 4 is 23.3 Å². The van der Waals surface area contributed by atoms with Gasteiger partial charge in [0.2, 0.25) is 11.9 Å². The van der Waals surface area contributed by atoms with E-state index in [0.717, 1.165) is 18.2 Å². The number of rotatable bonds is 5. The van der Waals surface area contributed by atoms with Crippen LogP contribution in [0.3, 0.4) is 0 Å². The Morgan fingerprint density at radius 2 is 2.00 bits per heavy atom. The molecule has 0 aliphatic carbocycles. The highest BCUT2D eigenvalue weighted by atomic mass is 19.1. The highest BCUT2D eigenvalue weighted by Crippen LogP contribution is 2.31. The van der Waals surface area contributed by atoms with Crippen LogP contribution < -0.4 is 14.8 Å². The van der Waals surface area contributed by atoms with Gasteiger partial charge in [0.1, 0.15) is 6.61 Å². The second-order valence-electron chi connectivity index (χ2n) is 5.44. The Morgan fingerprint density at radius 3 is 2.74 bits per heavy atom. The Hall–Kier alpha value is -3.69. The van der Waals surface area contributed by atoms with Gasteiger partial charge in [-0.15, -0.1) is 0 Å². The van der Waals surface area contributed by atoms with Gasteiger partial charge >= 0.3 is 11.7 Å². The van der Waals surface area contributed by atoms with Crippen molar-refractivity contribution in [2.45, 2.75) is 6.10 Å². The van der Waals surface area contributed by atoms with E-state index in [1.807, 2.05) is 0 Å². The van der Waals surface area contributed by atoms with E-state index >= 15 is 0 Å². The standard InChI is InChI=1S/C17H13FN2O7/c18-11-6-5-10(7-12(11)20(23)24)19-16(21)9-26-17(22)15-8-25-13-3-1-2-4-14(13)27-15/h1-7,15H,8-9H2,(H,19,21). The van der Waals surface area contributed by atoms with Crippen LogP contribution in [0.5, 0.6) is 11.5 Å². The van der Waals surface area contributed by atoms with Crippen LogP contribution in [0, 0.1) is 15.9 Å². The Balaban J connectivity index is 1.53. The predicted molar refractivity (Wildman–Crippen MR) is 89.0 cm³/mol. The number of halogens is 1. The predicted octanol–water partition coefficient (Wildman–Crippen LogP) is 2.06. The first-order chi connectivity index (χ1) is 12.9. The van der Waals surface area contributed by atoms with Crippen LogP contribution in [0.1, 0.15) is 0 Å². The van der Waals surface area contributed by atoms with Gasteiger partial charge in [0.05, 0.1) is 4.92 Å². The van der Waals surface area contributed by atoms with Gasteiger partial charge in [-0.3, -0.25) is 14.9 Å². The highest BCUT2D eigenvalue weighted by Gasteiger charge is 2.29. The van der Waals surface area contributed by atoms with E-state index in [9.17, 15) is 24.1 Å². The summed E-state index contributed by atoms with van der Waals surface area (Å²) in [6.07, 6.45) is -1.03. The summed E-state index contributed by atoms with van der Waals surface area (Å²) in [5.74, 6) is -1.70. The van der Waals surface area contributed by atoms with Crippen LogP contribution in [0.25, 0.3) is 0 Å². The van der Waals surface area contributed by atoms with Crippen LogP contribution in [0.15, 0.2) is 42.5 Å². The second kappa shape index (κ2) is 7.68. The summed E-state index contributed by atoms with van der Waals surface area (Å²) in [5.41, 5.74) is -0.786. The van der Waals surface area contributed by atoms with Crippen molar-refractivity contribution in [3.8, 4) is 11.5 Å². The van der Waals surface area contributed by atoms with Crippen LogP contribution in [-0.2, 0) is 14.3 Å². The van der Waals surface area contributed by atoms with Crippen molar-refractivity contribution in [1.82, 2.24) is 0 Å². The first kappa shape index (κ1) is 18.1. The molecule has 27 heavy (non-hydrogen) atoms. The fraction of sp³-hybridized carbons (Fsp3) is 0.176. The van der Waals surface area contributed by atoms with E-state index in [2.05, 4.69) is 5.32 Å². The number of nitro benzene ring substituents is 1. The van der Waals surface area contributed by atoms with Gasteiger partial charge in [-0.1, -0.05) is 12.1 Å². The number of carbonyl (C=O) groups excluding carboxylic acids is 2. The first-order valence-electron chi connectivity index (χ1n) is 7.73. The van der Waals surface area contributed by atoms with Crippen molar-refractivity contribution < 1.29 is 33.1 Å². The maximum atomic E-state index is 13.3. The molecule has 140 valence electrons. The topological polar surface area (TPSA) is 117 Å². The third-order valence-corrected chi connectivity index (χ3v) is 3.54. The molecule has 1 N–H and O–H groups in total. The van der Waals surface area contributed by atoms with E-state index in [4.69, 9.17) is 14.2 Å². The molecule has 1 aliphatic rings. The molecule has 1 atom stereocenters. The molecule has 0 bridgehead atoms. The lowest BCUT2D eigenvalue weighted by Crippen LogP contribution is -2.39. The molecule has 0 radical (unpaired) electrons. The number of benzene rings is 2. The smallest absolute Gasteiger partial charge is 0.351 e. The number of nitrogens with one attached hydrogen (secondary N) is 1. The Kier molecular flexibility index (Phi) is 5.15. The van der Waals surface area contributed by atoms with Gasteiger partial charge in [-0.05, 0) is 24.3 Å². The Bertz CT molecular complexity index is 903. The molecule has 9 nitrogen and oxygen atoms in total. The van der Waals surface area contributed by atoms with Crippen LogP contribution >= 0.6 is 0 Å². The number of ether oxygens (including phenoxy) is 3. The van der Waals surface area contributed by atoms with E-state index in [1.54, 1.807) is 24.3 Å². The normalized spacial score (nSPS) is 14.9. The summed E-state index contributed by atoms with van der Waals surface area (Å²) in [5, 5.41) is 13.0. The minimum Gasteiger partial charge on any atom is -0.485 e. The average Bonchev–Trinajstić information content (AvgIpc) is 2.67.